The summed E-state index contributed by atoms with van der Waals surface area (Å²) in [6.07, 6.45) is 3.43. The third-order valence-corrected chi connectivity index (χ3v) is 2.40. The van der Waals surface area contributed by atoms with E-state index in [4.69, 9.17) is 5.26 Å². The zero-order chi connectivity index (χ0) is 12.3. The summed E-state index contributed by atoms with van der Waals surface area (Å²) >= 11 is 0. The summed E-state index contributed by atoms with van der Waals surface area (Å²) in [4.78, 5) is 0. The van der Waals surface area contributed by atoms with Crippen LogP contribution in [-0.4, -0.2) is 20.0 Å². The summed E-state index contributed by atoms with van der Waals surface area (Å²) in [7, 11) is 1.87. The lowest BCUT2D eigenvalue weighted by Crippen LogP contribution is -2.04. The van der Waals surface area contributed by atoms with Crippen molar-refractivity contribution < 1.29 is 0 Å². The molecule has 0 amide bonds. The van der Waals surface area contributed by atoms with E-state index in [1.165, 1.54) is 6.20 Å². The van der Waals surface area contributed by atoms with Gasteiger partial charge in [0.1, 0.15) is 6.07 Å². The van der Waals surface area contributed by atoms with Gasteiger partial charge in [0, 0.05) is 25.4 Å². The molecule has 6 nitrogen and oxygen atoms in total. The second-order valence-corrected chi connectivity index (χ2v) is 3.67. The van der Waals surface area contributed by atoms with Crippen LogP contribution in [-0.2, 0) is 13.6 Å². The molecule has 0 bridgehead atoms. The lowest BCUT2D eigenvalue weighted by atomic mass is 10.2. The Hall–Kier alpha value is -2.42. The van der Waals surface area contributed by atoms with Crippen molar-refractivity contribution in [2.24, 2.45) is 7.05 Å². The van der Waals surface area contributed by atoms with E-state index < -0.39 is 0 Å². The maximum atomic E-state index is 8.90. The summed E-state index contributed by atoms with van der Waals surface area (Å²) < 4.78 is 1.76. The van der Waals surface area contributed by atoms with Crippen LogP contribution in [0.25, 0.3) is 0 Å². The van der Waals surface area contributed by atoms with Crippen molar-refractivity contribution in [2.75, 3.05) is 5.32 Å². The molecule has 0 saturated heterocycles. The fraction of sp³-hybridized carbons (Fsp3) is 0.273. The summed E-state index contributed by atoms with van der Waals surface area (Å²) in [6, 6.07) is 3.70. The molecular weight excluding hydrogens is 216 g/mol. The Morgan fingerprint density at radius 1 is 1.53 bits per heavy atom. The highest BCUT2D eigenvalue weighted by Crippen LogP contribution is 2.11. The third-order valence-electron chi connectivity index (χ3n) is 2.40. The zero-order valence-electron chi connectivity index (χ0n) is 9.68. The molecule has 0 aliphatic carbocycles. The normalized spacial score (nSPS) is 9.94. The largest absolute Gasteiger partial charge is 0.363 e. The van der Waals surface area contributed by atoms with E-state index in [1.807, 2.05) is 20.2 Å². The van der Waals surface area contributed by atoms with Crippen molar-refractivity contribution in [1.82, 2.24) is 20.0 Å². The Morgan fingerprint density at radius 3 is 3.00 bits per heavy atom. The van der Waals surface area contributed by atoms with Gasteiger partial charge in [-0.3, -0.25) is 4.68 Å². The highest BCUT2D eigenvalue weighted by Gasteiger charge is 2.06. The molecule has 0 aliphatic rings. The average molecular weight is 228 g/mol. The molecule has 0 atom stereocenters. The minimum atomic E-state index is 0.488. The smallest absolute Gasteiger partial charge is 0.166 e. The molecule has 0 aliphatic heterocycles. The lowest BCUT2D eigenvalue weighted by Gasteiger charge is -2.04. The fourth-order valence-corrected chi connectivity index (χ4v) is 1.55. The summed E-state index contributed by atoms with van der Waals surface area (Å²) in [5.41, 5.74) is 2.52. The first-order chi connectivity index (χ1) is 8.20. The maximum Gasteiger partial charge on any atom is 0.166 e. The van der Waals surface area contributed by atoms with E-state index in [9.17, 15) is 0 Å². The Kier molecular flexibility index (Phi) is 3.01. The van der Waals surface area contributed by atoms with Gasteiger partial charge in [0.2, 0.25) is 0 Å². The van der Waals surface area contributed by atoms with E-state index >= 15 is 0 Å². The Morgan fingerprint density at radius 2 is 2.35 bits per heavy atom. The molecule has 6 heteroatoms. The van der Waals surface area contributed by atoms with Crippen LogP contribution in [0.5, 0.6) is 0 Å². The highest BCUT2D eigenvalue weighted by atomic mass is 15.3. The number of aromatic nitrogens is 4. The van der Waals surface area contributed by atoms with Gasteiger partial charge in [-0.05, 0) is 13.0 Å². The molecule has 0 radical (unpaired) electrons. The molecule has 0 aromatic carbocycles. The Labute approximate surface area is 98.9 Å². The predicted molar refractivity (Wildman–Crippen MR) is 62.0 cm³/mol. The lowest BCUT2D eigenvalue weighted by molar-refractivity contribution is 0.756. The average Bonchev–Trinajstić information content (AvgIpc) is 2.65. The molecule has 1 N–H and O–H groups in total. The van der Waals surface area contributed by atoms with Crippen LogP contribution in [0.1, 0.15) is 16.8 Å². The minimum Gasteiger partial charge on any atom is -0.363 e. The van der Waals surface area contributed by atoms with Gasteiger partial charge in [-0.1, -0.05) is 0 Å². The van der Waals surface area contributed by atoms with Crippen molar-refractivity contribution >= 4 is 5.82 Å². The monoisotopic (exact) mass is 228 g/mol. The van der Waals surface area contributed by atoms with Crippen molar-refractivity contribution in [3.63, 3.8) is 0 Å². The molecule has 0 unspecified atom stereocenters. The number of hydrogen-bond acceptors (Lipinski definition) is 5. The highest BCUT2D eigenvalue weighted by molar-refractivity contribution is 5.50. The SMILES string of the molecule is Cc1nn(C)cc1CNc1nnccc1C#N. The van der Waals surface area contributed by atoms with Gasteiger partial charge in [-0.25, -0.2) is 0 Å². The Bertz CT molecular complexity index is 566. The van der Waals surface area contributed by atoms with E-state index in [0.717, 1.165) is 11.3 Å². The van der Waals surface area contributed by atoms with Gasteiger partial charge in [0.15, 0.2) is 5.82 Å². The van der Waals surface area contributed by atoms with Crippen LogP contribution in [0.4, 0.5) is 5.82 Å². The second-order valence-electron chi connectivity index (χ2n) is 3.67. The van der Waals surface area contributed by atoms with Gasteiger partial charge in [0.05, 0.1) is 17.5 Å². The van der Waals surface area contributed by atoms with Crippen molar-refractivity contribution in [3.8, 4) is 6.07 Å². The number of anilines is 1. The molecule has 2 rings (SSSR count). The summed E-state index contributed by atoms with van der Waals surface area (Å²) in [5.74, 6) is 0.498. The van der Waals surface area contributed by atoms with Crippen LogP contribution in [0.15, 0.2) is 18.5 Å². The maximum absolute atomic E-state index is 8.90. The number of rotatable bonds is 3. The van der Waals surface area contributed by atoms with E-state index in [1.54, 1.807) is 10.7 Å². The second kappa shape index (κ2) is 4.61. The van der Waals surface area contributed by atoms with Gasteiger partial charge in [-0.2, -0.15) is 15.5 Å². The molecule has 0 saturated carbocycles. The van der Waals surface area contributed by atoms with Crippen LogP contribution < -0.4 is 5.32 Å². The standard InChI is InChI=1S/C11H12N6/c1-8-10(7-17(2)16-8)6-13-11-9(5-12)3-4-14-15-11/h3-4,7H,6H2,1-2H3,(H,13,15). The van der Waals surface area contributed by atoms with Crippen molar-refractivity contribution in [1.29, 1.82) is 5.26 Å². The van der Waals surface area contributed by atoms with E-state index in [-0.39, 0.29) is 0 Å². The first kappa shape index (κ1) is 11.1. The molecule has 2 aromatic heterocycles. The summed E-state index contributed by atoms with van der Waals surface area (Å²) in [6.45, 7) is 2.52. The van der Waals surface area contributed by atoms with E-state index in [0.29, 0.717) is 17.9 Å². The number of aryl methyl sites for hydroxylation is 2. The number of nitrogens with zero attached hydrogens (tertiary/aromatic N) is 5. The molecule has 2 heterocycles. The van der Waals surface area contributed by atoms with Crippen molar-refractivity contribution in [3.05, 3.63) is 35.3 Å². The molecule has 17 heavy (non-hydrogen) atoms. The first-order valence-electron chi connectivity index (χ1n) is 5.15. The van der Waals surface area contributed by atoms with E-state index in [2.05, 4.69) is 26.7 Å². The number of nitrogens with one attached hydrogen (secondary N) is 1. The van der Waals surface area contributed by atoms with Crippen molar-refractivity contribution in [2.45, 2.75) is 13.5 Å². The minimum absolute atomic E-state index is 0.488. The third kappa shape index (κ3) is 2.39. The van der Waals surface area contributed by atoms with Crippen LogP contribution >= 0.6 is 0 Å². The molecule has 0 fully saturated rings. The summed E-state index contributed by atoms with van der Waals surface area (Å²) in [5, 5.41) is 23.9. The fourth-order valence-electron chi connectivity index (χ4n) is 1.55. The van der Waals surface area contributed by atoms with Gasteiger partial charge >= 0.3 is 0 Å². The predicted octanol–water partition coefficient (Wildman–Crippen LogP) is 1.00. The molecule has 2 aromatic rings. The van der Waals surface area contributed by atoms with Crippen LogP contribution in [0.2, 0.25) is 0 Å². The first-order valence-corrected chi connectivity index (χ1v) is 5.15. The van der Waals surface area contributed by atoms with Gasteiger partial charge in [-0.15, -0.1) is 5.10 Å². The van der Waals surface area contributed by atoms with Gasteiger partial charge in [0.25, 0.3) is 0 Å². The molecule has 0 spiro atoms. The molecule has 86 valence electrons. The van der Waals surface area contributed by atoms with Crippen LogP contribution in [0.3, 0.4) is 0 Å². The quantitative estimate of drug-likeness (QED) is 0.847. The zero-order valence-corrected chi connectivity index (χ0v) is 9.68. The number of hydrogen-bond donors (Lipinski definition) is 1. The molecular formula is C11H12N6. The number of nitriles is 1. The van der Waals surface area contributed by atoms with Gasteiger partial charge < -0.3 is 5.32 Å². The topological polar surface area (TPSA) is 79.4 Å². The Balaban J connectivity index is 2.13. The van der Waals surface area contributed by atoms with Crippen LogP contribution in [0, 0.1) is 18.3 Å².